The molecule has 33 heavy (non-hydrogen) atoms. The number of alkyl halides is 3. The molecule has 3 heterocycles. The second kappa shape index (κ2) is 8.79. The summed E-state index contributed by atoms with van der Waals surface area (Å²) in [6.45, 7) is 8.19. The van der Waals surface area contributed by atoms with Crippen LogP contribution in [-0.2, 0) is 14.9 Å². The van der Waals surface area contributed by atoms with Gasteiger partial charge in [0.05, 0.1) is 25.3 Å². The summed E-state index contributed by atoms with van der Waals surface area (Å²) in [6.07, 6.45) is -4.68. The van der Waals surface area contributed by atoms with E-state index in [1.807, 2.05) is 27.7 Å². The molecule has 2 aromatic heterocycles. The number of rotatable bonds is 6. The van der Waals surface area contributed by atoms with Crippen LogP contribution >= 0.6 is 0 Å². The number of nitrogens with one attached hydrogen (secondary N) is 2. The molecular formula is C22H26F3N5O3. The van der Waals surface area contributed by atoms with E-state index in [1.165, 1.54) is 0 Å². The average molecular weight is 465 g/mol. The fourth-order valence-electron chi connectivity index (χ4n) is 3.57. The minimum Gasteiger partial charge on any atom is -0.402 e. The van der Waals surface area contributed by atoms with E-state index in [1.54, 1.807) is 18.2 Å². The standard InChI is InChI=1S/C22H26F3N5O3/c1-12-7-16(19-29-30-20(33-19)26-10-17-31-5-6-32-17)28-18-14(12)8-13(27-11-22(23,24)25)9-15(18)21(2,3)4/h7-9,17,27H,5-6,10-11H2,1-4H3,(H,26,30). The number of halogens is 3. The van der Waals surface area contributed by atoms with Crippen molar-refractivity contribution in [1.82, 2.24) is 15.2 Å². The molecular weight excluding hydrogens is 439 g/mol. The molecule has 4 rings (SSSR count). The third-order valence-corrected chi connectivity index (χ3v) is 5.18. The van der Waals surface area contributed by atoms with E-state index in [0.29, 0.717) is 36.7 Å². The van der Waals surface area contributed by atoms with Crippen LogP contribution in [0.3, 0.4) is 0 Å². The molecule has 0 spiro atoms. The zero-order chi connectivity index (χ0) is 23.8. The number of aryl methyl sites for hydroxylation is 1. The highest BCUT2D eigenvalue weighted by molar-refractivity contribution is 5.90. The lowest BCUT2D eigenvalue weighted by molar-refractivity contribution is -0.115. The minimum absolute atomic E-state index is 0.214. The van der Waals surface area contributed by atoms with E-state index in [0.717, 1.165) is 16.5 Å². The topological polar surface area (TPSA) is 94.3 Å². The zero-order valence-electron chi connectivity index (χ0n) is 18.8. The summed E-state index contributed by atoms with van der Waals surface area (Å²) >= 11 is 0. The van der Waals surface area contributed by atoms with E-state index in [4.69, 9.17) is 18.9 Å². The fraction of sp³-hybridized carbons (Fsp3) is 0.500. The average Bonchev–Trinajstić information content (AvgIpc) is 3.41. The Balaban J connectivity index is 1.67. The van der Waals surface area contributed by atoms with Crippen LogP contribution in [0.1, 0.15) is 31.9 Å². The van der Waals surface area contributed by atoms with Gasteiger partial charge in [0.15, 0.2) is 6.29 Å². The molecule has 1 fully saturated rings. The summed E-state index contributed by atoms with van der Waals surface area (Å²) in [5, 5.41) is 14.3. The molecule has 8 nitrogen and oxygen atoms in total. The lowest BCUT2D eigenvalue weighted by Crippen LogP contribution is -2.22. The number of hydrogen-bond acceptors (Lipinski definition) is 8. The van der Waals surface area contributed by atoms with Gasteiger partial charge in [0, 0.05) is 11.1 Å². The molecule has 3 aromatic rings. The SMILES string of the molecule is Cc1cc(-c2nnc(NCC3OCCO3)o2)nc2c(C(C)(C)C)cc(NCC(F)(F)F)cc12. The van der Waals surface area contributed by atoms with Crippen molar-refractivity contribution in [3.05, 3.63) is 29.3 Å². The molecule has 178 valence electrons. The normalized spacial score (nSPS) is 15.4. The van der Waals surface area contributed by atoms with Gasteiger partial charge in [-0.2, -0.15) is 13.2 Å². The number of benzene rings is 1. The molecule has 1 saturated heterocycles. The van der Waals surface area contributed by atoms with Crippen LogP contribution in [0.2, 0.25) is 0 Å². The van der Waals surface area contributed by atoms with Crippen molar-refractivity contribution in [2.24, 2.45) is 0 Å². The number of hydrogen-bond donors (Lipinski definition) is 2. The van der Waals surface area contributed by atoms with E-state index >= 15 is 0 Å². The smallest absolute Gasteiger partial charge is 0.402 e. The summed E-state index contributed by atoms with van der Waals surface area (Å²) in [5.74, 6) is 0.231. The van der Waals surface area contributed by atoms with Gasteiger partial charge >= 0.3 is 12.2 Å². The highest BCUT2D eigenvalue weighted by Gasteiger charge is 2.28. The van der Waals surface area contributed by atoms with Gasteiger partial charge < -0.3 is 24.5 Å². The molecule has 0 amide bonds. The maximum absolute atomic E-state index is 12.7. The van der Waals surface area contributed by atoms with Crippen molar-refractivity contribution in [2.45, 2.75) is 45.6 Å². The molecule has 0 unspecified atom stereocenters. The first-order chi connectivity index (χ1) is 15.5. The molecule has 0 radical (unpaired) electrons. The number of pyridine rings is 1. The number of aromatic nitrogens is 3. The molecule has 11 heteroatoms. The molecule has 0 aliphatic carbocycles. The monoisotopic (exact) mass is 465 g/mol. The van der Waals surface area contributed by atoms with Crippen LogP contribution < -0.4 is 10.6 Å². The van der Waals surface area contributed by atoms with Gasteiger partial charge in [0.1, 0.15) is 12.2 Å². The lowest BCUT2D eigenvalue weighted by atomic mass is 9.84. The van der Waals surface area contributed by atoms with Crippen molar-refractivity contribution in [3.8, 4) is 11.6 Å². The quantitative estimate of drug-likeness (QED) is 0.543. The predicted octanol–water partition coefficient (Wildman–Crippen LogP) is 4.65. The van der Waals surface area contributed by atoms with Crippen molar-refractivity contribution in [1.29, 1.82) is 0 Å². The largest absolute Gasteiger partial charge is 0.405 e. The van der Waals surface area contributed by atoms with E-state index in [9.17, 15) is 13.2 Å². The summed E-state index contributed by atoms with van der Waals surface area (Å²) in [4.78, 5) is 4.75. The number of anilines is 2. The van der Waals surface area contributed by atoms with Crippen LogP contribution in [-0.4, -0.2) is 54.0 Å². The Labute approximate surface area is 188 Å². The Bertz CT molecular complexity index is 1130. The van der Waals surface area contributed by atoms with Crippen LogP contribution in [0.5, 0.6) is 0 Å². The highest BCUT2D eigenvalue weighted by Crippen LogP contribution is 2.35. The number of nitrogens with zero attached hydrogens (tertiary/aromatic N) is 3. The Morgan fingerprint density at radius 1 is 1.03 bits per heavy atom. The molecule has 2 N–H and O–H groups in total. The summed E-state index contributed by atoms with van der Waals surface area (Å²) in [7, 11) is 0. The van der Waals surface area contributed by atoms with E-state index in [-0.39, 0.29) is 23.6 Å². The molecule has 0 saturated carbocycles. The van der Waals surface area contributed by atoms with Gasteiger partial charge in [0.2, 0.25) is 0 Å². The molecule has 1 aromatic carbocycles. The van der Waals surface area contributed by atoms with Crippen LogP contribution in [0.25, 0.3) is 22.5 Å². The molecule has 1 aliphatic heterocycles. The Morgan fingerprint density at radius 2 is 1.76 bits per heavy atom. The number of ether oxygens (including phenoxy) is 2. The van der Waals surface area contributed by atoms with Gasteiger partial charge in [-0.05, 0) is 41.7 Å². The minimum atomic E-state index is -4.31. The van der Waals surface area contributed by atoms with Gasteiger partial charge in [-0.3, -0.25) is 0 Å². The van der Waals surface area contributed by atoms with Gasteiger partial charge in [-0.25, -0.2) is 4.98 Å². The maximum Gasteiger partial charge on any atom is 0.405 e. The third kappa shape index (κ3) is 5.53. The molecule has 0 bridgehead atoms. The summed E-state index contributed by atoms with van der Waals surface area (Å²) in [5.41, 5.74) is 2.82. The maximum atomic E-state index is 12.7. The first-order valence-corrected chi connectivity index (χ1v) is 10.6. The van der Waals surface area contributed by atoms with Crippen molar-refractivity contribution < 1.29 is 27.1 Å². The molecule has 0 atom stereocenters. The van der Waals surface area contributed by atoms with Crippen molar-refractivity contribution in [2.75, 3.05) is 36.9 Å². The Morgan fingerprint density at radius 3 is 2.42 bits per heavy atom. The zero-order valence-corrected chi connectivity index (χ0v) is 18.8. The first kappa shape index (κ1) is 23.2. The predicted molar refractivity (Wildman–Crippen MR) is 117 cm³/mol. The fourth-order valence-corrected chi connectivity index (χ4v) is 3.57. The first-order valence-electron chi connectivity index (χ1n) is 10.6. The summed E-state index contributed by atoms with van der Waals surface area (Å²) in [6, 6.07) is 5.40. The number of fused-ring (bicyclic) bond motifs is 1. The Hall–Kier alpha value is -2.92. The summed E-state index contributed by atoms with van der Waals surface area (Å²) < 4.78 is 54.7. The Kier molecular flexibility index (Phi) is 6.19. The van der Waals surface area contributed by atoms with Crippen LogP contribution in [0.4, 0.5) is 24.9 Å². The van der Waals surface area contributed by atoms with Gasteiger partial charge in [-0.15, -0.1) is 5.10 Å². The van der Waals surface area contributed by atoms with Gasteiger partial charge in [-0.1, -0.05) is 25.9 Å². The highest BCUT2D eigenvalue weighted by atomic mass is 19.4. The van der Waals surface area contributed by atoms with E-state index in [2.05, 4.69) is 20.8 Å². The van der Waals surface area contributed by atoms with Crippen molar-refractivity contribution in [3.63, 3.8) is 0 Å². The van der Waals surface area contributed by atoms with Crippen molar-refractivity contribution >= 4 is 22.6 Å². The lowest BCUT2D eigenvalue weighted by Gasteiger charge is -2.23. The molecule has 1 aliphatic rings. The van der Waals surface area contributed by atoms with Gasteiger partial charge in [0.25, 0.3) is 5.89 Å². The second-order valence-corrected chi connectivity index (χ2v) is 8.93. The van der Waals surface area contributed by atoms with Crippen LogP contribution in [0.15, 0.2) is 22.6 Å². The van der Waals surface area contributed by atoms with E-state index < -0.39 is 12.7 Å². The van der Waals surface area contributed by atoms with Crippen LogP contribution in [0, 0.1) is 6.92 Å². The third-order valence-electron chi connectivity index (χ3n) is 5.18. The second-order valence-electron chi connectivity index (χ2n) is 8.93.